The smallest absolute Gasteiger partial charge is 0.254 e. The maximum atomic E-state index is 12.2. The summed E-state index contributed by atoms with van der Waals surface area (Å²) in [6, 6.07) is 7.36. The van der Waals surface area contributed by atoms with Gasteiger partial charge in [-0.2, -0.15) is 0 Å². The molecule has 0 radical (unpaired) electrons. The van der Waals surface area contributed by atoms with E-state index in [1.165, 1.54) is 18.7 Å². The summed E-state index contributed by atoms with van der Waals surface area (Å²) in [4.78, 5) is 19.8. The molecular formula is C19H23N3O5. The Bertz CT molecular complexity index is 788. The first-order valence-corrected chi connectivity index (χ1v) is 8.66. The van der Waals surface area contributed by atoms with Crippen LogP contribution in [0.5, 0.6) is 5.75 Å². The Balaban J connectivity index is 1.74. The van der Waals surface area contributed by atoms with E-state index in [4.69, 9.17) is 9.47 Å². The highest BCUT2D eigenvalue weighted by molar-refractivity contribution is 5.93. The molecule has 0 unspecified atom stereocenters. The number of carbonyl (C=O) groups excluding carboxylic acids is 1. The predicted octanol–water partition coefficient (Wildman–Crippen LogP) is 0.857. The van der Waals surface area contributed by atoms with Crippen molar-refractivity contribution in [1.29, 1.82) is 0 Å². The van der Waals surface area contributed by atoms with Crippen LogP contribution >= 0.6 is 0 Å². The van der Waals surface area contributed by atoms with E-state index < -0.39 is 29.8 Å². The third-order valence-corrected chi connectivity index (χ3v) is 4.76. The fourth-order valence-corrected chi connectivity index (χ4v) is 3.23. The summed E-state index contributed by atoms with van der Waals surface area (Å²) in [5.41, 5.74) is -0.439. The standard InChI is InChI=1S/C19H23N3O5/c1-12-17(23)19(25,10-22-18(24)14-8-20-11-21-9-14)7-16(27-12)13-4-3-5-15(6-13)26-2/h3-6,8-9,11-12,16-17,23,25H,7,10H2,1-2H3,(H,22,24)/t12-,16-,17-,19-/m1/s1. The average molecular weight is 373 g/mol. The summed E-state index contributed by atoms with van der Waals surface area (Å²) >= 11 is 0. The number of aliphatic hydroxyl groups excluding tert-OH is 1. The lowest BCUT2D eigenvalue weighted by molar-refractivity contribution is -0.210. The number of nitrogens with one attached hydrogen (secondary N) is 1. The predicted molar refractivity (Wildman–Crippen MR) is 96.2 cm³/mol. The molecule has 144 valence electrons. The summed E-state index contributed by atoms with van der Waals surface area (Å²) in [5, 5.41) is 24.2. The molecule has 1 aromatic heterocycles. The molecule has 0 spiro atoms. The van der Waals surface area contributed by atoms with Crippen molar-refractivity contribution in [3.05, 3.63) is 54.1 Å². The van der Waals surface area contributed by atoms with Gasteiger partial charge in [-0.1, -0.05) is 12.1 Å². The van der Waals surface area contributed by atoms with Crippen LogP contribution in [0.3, 0.4) is 0 Å². The topological polar surface area (TPSA) is 114 Å². The van der Waals surface area contributed by atoms with E-state index in [0.717, 1.165) is 5.56 Å². The van der Waals surface area contributed by atoms with Crippen molar-refractivity contribution < 1.29 is 24.5 Å². The van der Waals surface area contributed by atoms with Gasteiger partial charge in [0.15, 0.2) is 0 Å². The van der Waals surface area contributed by atoms with Crippen molar-refractivity contribution in [2.24, 2.45) is 0 Å². The second-order valence-electron chi connectivity index (χ2n) is 6.67. The molecule has 1 amide bonds. The molecule has 0 saturated carbocycles. The molecule has 3 rings (SSSR count). The molecule has 0 aliphatic carbocycles. The van der Waals surface area contributed by atoms with E-state index in [-0.39, 0.29) is 18.5 Å². The number of aromatic nitrogens is 2. The zero-order chi connectivity index (χ0) is 19.4. The van der Waals surface area contributed by atoms with Gasteiger partial charge in [-0.3, -0.25) is 4.79 Å². The zero-order valence-electron chi connectivity index (χ0n) is 15.2. The van der Waals surface area contributed by atoms with Crippen LogP contribution in [0.25, 0.3) is 0 Å². The maximum absolute atomic E-state index is 12.2. The van der Waals surface area contributed by atoms with Crippen molar-refractivity contribution in [2.75, 3.05) is 13.7 Å². The van der Waals surface area contributed by atoms with Crippen molar-refractivity contribution in [2.45, 2.75) is 37.3 Å². The van der Waals surface area contributed by atoms with Crippen molar-refractivity contribution in [1.82, 2.24) is 15.3 Å². The first kappa shape index (κ1) is 19.2. The second kappa shape index (κ2) is 7.99. The minimum Gasteiger partial charge on any atom is -0.497 e. The Kier molecular flexibility index (Phi) is 5.69. The zero-order valence-corrected chi connectivity index (χ0v) is 15.2. The van der Waals surface area contributed by atoms with Gasteiger partial charge in [0.25, 0.3) is 5.91 Å². The van der Waals surface area contributed by atoms with Crippen LogP contribution < -0.4 is 10.1 Å². The Morgan fingerprint density at radius 2 is 2.15 bits per heavy atom. The maximum Gasteiger partial charge on any atom is 0.254 e. The molecule has 27 heavy (non-hydrogen) atoms. The number of hydrogen-bond donors (Lipinski definition) is 3. The Morgan fingerprint density at radius 1 is 1.41 bits per heavy atom. The number of amides is 1. The van der Waals surface area contributed by atoms with Crippen LogP contribution in [-0.2, 0) is 4.74 Å². The van der Waals surface area contributed by atoms with E-state index in [0.29, 0.717) is 5.75 Å². The molecule has 8 nitrogen and oxygen atoms in total. The lowest BCUT2D eigenvalue weighted by atomic mass is 9.82. The summed E-state index contributed by atoms with van der Waals surface area (Å²) in [7, 11) is 1.58. The van der Waals surface area contributed by atoms with E-state index >= 15 is 0 Å². The molecule has 1 aliphatic rings. The number of nitrogens with zero attached hydrogens (tertiary/aromatic N) is 2. The van der Waals surface area contributed by atoms with Crippen molar-refractivity contribution >= 4 is 5.91 Å². The molecule has 1 fully saturated rings. The second-order valence-corrected chi connectivity index (χ2v) is 6.67. The summed E-state index contributed by atoms with van der Waals surface area (Å²) in [5.74, 6) is 0.254. The van der Waals surface area contributed by atoms with Gasteiger partial charge >= 0.3 is 0 Å². The number of hydrogen-bond acceptors (Lipinski definition) is 7. The number of rotatable bonds is 5. The molecule has 0 bridgehead atoms. The molecule has 2 aromatic rings. The first-order chi connectivity index (χ1) is 12.9. The molecule has 8 heteroatoms. The Hall–Kier alpha value is -2.55. The number of benzene rings is 1. The highest BCUT2D eigenvalue weighted by Crippen LogP contribution is 2.38. The van der Waals surface area contributed by atoms with Gasteiger partial charge in [0.05, 0.1) is 24.9 Å². The van der Waals surface area contributed by atoms with E-state index in [9.17, 15) is 15.0 Å². The highest BCUT2D eigenvalue weighted by atomic mass is 16.5. The molecule has 3 N–H and O–H groups in total. The fourth-order valence-electron chi connectivity index (χ4n) is 3.23. The lowest BCUT2D eigenvalue weighted by Crippen LogP contribution is -2.59. The van der Waals surface area contributed by atoms with Gasteiger partial charge in [-0.25, -0.2) is 9.97 Å². The van der Waals surface area contributed by atoms with Gasteiger partial charge in [0, 0.05) is 25.4 Å². The Labute approximate surface area is 157 Å². The molecule has 1 aliphatic heterocycles. The number of ether oxygens (including phenoxy) is 2. The van der Waals surface area contributed by atoms with E-state index in [1.807, 2.05) is 24.3 Å². The average Bonchev–Trinajstić information content (AvgIpc) is 2.70. The number of aliphatic hydroxyl groups is 2. The molecule has 1 saturated heterocycles. The fraction of sp³-hybridized carbons (Fsp3) is 0.421. The minimum atomic E-state index is -1.54. The van der Waals surface area contributed by atoms with Crippen LogP contribution in [0.2, 0.25) is 0 Å². The molecule has 2 heterocycles. The number of carbonyl (C=O) groups is 1. The molecule has 1 aromatic carbocycles. The molecule has 4 atom stereocenters. The van der Waals surface area contributed by atoms with Crippen LogP contribution in [0, 0.1) is 0 Å². The van der Waals surface area contributed by atoms with Crippen LogP contribution in [-0.4, -0.2) is 57.6 Å². The van der Waals surface area contributed by atoms with Crippen LogP contribution in [0.4, 0.5) is 0 Å². The van der Waals surface area contributed by atoms with Crippen LogP contribution in [0.15, 0.2) is 43.0 Å². The monoisotopic (exact) mass is 373 g/mol. The molecular weight excluding hydrogens is 350 g/mol. The van der Waals surface area contributed by atoms with Gasteiger partial charge in [0.2, 0.25) is 0 Å². The van der Waals surface area contributed by atoms with Crippen LogP contribution in [0.1, 0.15) is 35.4 Å². The largest absolute Gasteiger partial charge is 0.497 e. The van der Waals surface area contributed by atoms with E-state index in [2.05, 4.69) is 15.3 Å². The highest BCUT2D eigenvalue weighted by Gasteiger charge is 2.47. The third-order valence-electron chi connectivity index (χ3n) is 4.76. The van der Waals surface area contributed by atoms with Gasteiger partial charge < -0.3 is 25.0 Å². The van der Waals surface area contributed by atoms with Gasteiger partial charge in [-0.15, -0.1) is 0 Å². The summed E-state index contributed by atoms with van der Waals surface area (Å²) in [6.07, 6.45) is 2.01. The van der Waals surface area contributed by atoms with Gasteiger partial charge in [0.1, 0.15) is 23.8 Å². The first-order valence-electron chi connectivity index (χ1n) is 8.66. The third kappa shape index (κ3) is 4.24. The summed E-state index contributed by atoms with van der Waals surface area (Å²) in [6.45, 7) is 1.56. The van der Waals surface area contributed by atoms with E-state index in [1.54, 1.807) is 14.0 Å². The normalized spacial score (nSPS) is 27.8. The lowest BCUT2D eigenvalue weighted by Gasteiger charge is -2.44. The summed E-state index contributed by atoms with van der Waals surface area (Å²) < 4.78 is 11.1. The quantitative estimate of drug-likeness (QED) is 0.712. The van der Waals surface area contributed by atoms with Gasteiger partial charge in [-0.05, 0) is 24.6 Å². The van der Waals surface area contributed by atoms with Crippen molar-refractivity contribution in [3.63, 3.8) is 0 Å². The van der Waals surface area contributed by atoms with Crippen molar-refractivity contribution in [3.8, 4) is 5.75 Å². The Morgan fingerprint density at radius 3 is 2.85 bits per heavy atom. The SMILES string of the molecule is COc1cccc([C@H]2C[C@@](O)(CNC(=O)c3cncnc3)[C@H](O)[C@@H](C)O2)c1. The number of methoxy groups -OCH3 is 1. The minimum absolute atomic E-state index is 0.122.